The molecule has 0 saturated heterocycles. The minimum absolute atomic E-state index is 0.0234. The first kappa shape index (κ1) is 68.7. The van der Waals surface area contributed by atoms with E-state index in [0.29, 0.717) is 5.41 Å². The smallest absolute Gasteiger partial charge is 0.0585 e. The molecule has 0 aliphatic heterocycles. The number of nitrogens with zero attached hydrogens (tertiary/aromatic N) is 3. The zero-order valence-electron chi connectivity index (χ0n) is 59.9. The predicted molar refractivity (Wildman–Crippen MR) is 426 cm³/mol. The number of rotatable bonds is 5. The lowest BCUT2D eigenvalue weighted by atomic mass is 9.63. The highest BCUT2D eigenvalue weighted by Crippen LogP contribution is 2.57. The molecular weight excluding hydrogens is 1320 g/mol. The summed E-state index contributed by atoms with van der Waals surface area (Å²) in [5.41, 5.74) is 37.4. The number of halogens is 4. The van der Waals surface area contributed by atoms with Crippen LogP contribution in [0.4, 0.5) is 22.7 Å². The third kappa shape index (κ3) is 12.2. The maximum atomic E-state index is 6.72. The Kier molecular flexibility index (Phi) is 17.8. The molecule has 0 unspecified atom stereocenters. The normalized spacial score (nSPS) is 16.3. The second-order valence-corrected chi connectivity index (χ2v) is 34.0. The number of aromatic nitrogens is 2. The fourth-order valence-electron chi connectivity index (χ4n) is 16.6. The minimum atomic E-state index is -0.100. The summed E-state index contributed by atoms with van der Waals surface area (Å²) in [5, 5.41) is 4.91. The molecule has 0 bridgehead atoms. The van der Waals surface area contributed by atoms with Gasteiger partial charge in [-0.2, -0.15) is 0 Å². The van der Waals surface area contributed by atoms with Crippen LogP contribution in [0.25, 0.3) is 55.7 Å². The highest BCUT2D eigenvalue weighted by Gasteiger charge is 2.43. The lowest BCUT2D eigenvalue weighted by molar-refractivity contribution is 0.332. The van der Waals surface area contributed by atoms with Gasteiger partial charge >= 0.3 is 0 Å². The molecule has 98 heavy (non-hydrogen) atoms. The molecule has 2 heterocycles. The van der Waals surface area contributed by atoms with Crippen LogP contribution in [0.3, 0.4) is 0 Å². The van der Waals surface area contributed by atoms with E-state index < -0.39 is 0 Å². The number of hydrogen-bond donors (Lipinski definition) is 1. The third-order valence-electron chi connectivity index (χ3n) is 22.1. The van der Waals surface area contributed by atoms with Crippen molar-refractivity contribution >= 4 is 95.3 Å². The molecule has 12 aromatic rings. The second kappa shape index (κ2) is 25.4. The Balaban J connectivity index is 0.000000142. The molecule has 2 N–H and O–H groups in total. The van der Waals surface area contributed by atoms with Crippen molar-refractivity contribution in [3.63, 3.8) is 0 Å². The van der Waals surface area contributed by atoms with Gasteiger partial charge < -0.3 is 19.8 Å². The molecule has 4 aliphatic rings. The van der Waals surface area contributed by atoms with E-state index in [9.17, 15) is 0 Å². The van der Waals surface area contributed by atoms with Crippen LogP contribution < -0.4 is 10.6 Å². The summed E-state index contributed by atoms with van der Waals surface area (Å²) in [6, 6.07) is 74.0. The van der Waals surface area contributed by atoms with E-state index >= 15 is 0 Å². The summed E-state index contributed by atoms with van der Waals surface area (Å²) >= 11 is 22.0. The lowest BCUT2D eigenvalue weighted by Crippen LogP contribution is -2.34. The summed E-state index contributed by atoms with van der Waals surface area (Å²) in [7, 11) is 0. The van der Waals surface area contributed by atoms with Crippen molar-refractivity contribution in [1.29, 1.82) is 0 Å². The van der Waals surface area contributed by atoms with Gasteiger partial charge in [-0.25, -0.2) is 0 Å². The van der Waals surface area contributed by atoms with E-state index in [-0.39, 0.29) is 27.1 Å². The zero-order chi connectivity index (χ0) is 69.9. The average molecular weight is 1420 g/mol. The Morgan fingerprint density at radius 2 is 0.806 bits per heavy atom. The molecule has 16 rings (SSSR count). The maximum Gasteiger partial charge on any atom is 0.0585 e. The summed E-state index contributed by atoms with van der Waals surface area (Å²) < 4.78 is 5.91. The van der Waals surface area contributed by atoms with Crippen LogP contribution in [0.1, 0.15) is 176 Å². The molecule has 0 spiro atoms. The summed E-state index contributed by atoms with van der Waals surface area (Å²) in [6.07, 6.45) is 4.87. The first-order chi connectivity index (χ1) is 46.3. The van der Waals surface area contributed by atoms with E-state index in [1.54, 1.807) is 0 Å². The van der Waals surface area contributed by atoms with Crippen LogP contribution >= 0.6 is 50.7 Å². The van der Waals surface area contributed by atoms with Gasteiger partial charge in [0.2, 0.25) is 0 Å². The fourth-order valence-corrected chi connectivity index (χ4v) is 17.8. The molecule has 0 radical (unpaired) electrons. The van der Waals surface area contributed by atoms with Crippen molar-refractivity contribution in [1.82, 2.24) is 9.13 Å². The minimum Gasteiger partial charge on any atom is -0.399 e. The highest BCUT2D eigenvalue weighted by molar-refractivity contribution is 9.10. The van der Waals surface area contributed by atoms with Crippen LogP contribution in [0, 0.1) is 27.7 Å². The molecule has 4 aliphatic carbocycles. The molecule has 8 heteroatoms. The number of benzene rings is 10. The number of anilines is 4. The van der Waals surface area contributed by atoms with E-state index in [0.717, 1.165) is 42.3 Å². The second-order valence-electron chi connectivity index (χ2n) is 31.7. The first-order valence-corrected chi connectivity index (χ1v) is 36.6. The Morgan fingerprint density at radius 1 is 0.378 bits per heavy atom. The van der Waals surface area contributed by atoms with Gasteiger partial charge in [-0.05, 0) is 239 Å². The number of para-hydroxylation sites is 2. The molecule has 0 atom stereocenters. The van der Waals surface area contributed by atoms with Crippen molar-refractivity contribution in [2.45, 2.75) is 169 Å². The van der Waals surface area contributed by atoms with E-state index in [2.05, 4.69) is 311 Å². The van der Waals surface area contributed by atoms with Gasteiger partial charge in [-0.3, -0.25) is 0 Å². The zero-order valence-corrected chi connectivity index (χ0v) is 63.7. The molecule has 500 valence electrons. The number of aryl methyl sites for hydroxylation is 4. The van der Waals surface area contributed by atoms with Crippen molar-refractivity contribution in [2.75, 3.05) is 10.6 Å². The number of nitrogen functional groups attached to an aromatic ring is 1. The summed E-state index contributed by atoms with van der Waals surface area (Å²) in [4.78, 5) is 2.43. The number of fused-ring (bicyclic) bond motifs is 12. The SMILES string of the molecule is Cc1cc(Cl)cc(-n2c3c(c4ccccc42)C(C)(C)c2ccccc2-3)c1.Cc1cc(N(c2cccc(Cl)c2)c2cc3c(cc2C)C(C)(C)CCC3(C)C)cc(-n2c3c(c4ccccc42)C(C)(C)c2ccccc2-3)c1.Cc1cc2c(cc1N)C(C)(C)CCC2(C)C.Clc1cccc(Br)c1. The Hall–Kier alpha value is -7.77. The van der Waals surface area contributed by atoms with Crippen molar-refractivity contribution in [3.8, 4) is 33.9 Å². The maximum absolute atomic E-state index is 6.72. The Morgan fingerprint density at radius 3 is 1.29 bits per heavy atom. The summed E-state index contributed by atoms with van der Waals surface area (Å²) in [6.45, 7) is 37.1. The monoisotopic (exact) mass is 1410 g/mol. The van der Waals surface area contributed by atoms with Gasteiger partial charge in [-0.15, -0.1) is 0 Å². The first-order valence-electron chi connectivity index (χ1n) is 34.7. The van der Waals surface area contributed by atoms with Crippen LogP contribution in [0.15, 0.2) is 211 Å². The highest BCUT2D eigenvalue weighted by atomic mass is 79.9. The van der Waals surface area contributed by atoms with Crippen LogP contribution in [-0.4, -0.2) is 9.13 Å². The van der Waals surface area contributed by atoms with Gasteiger partial charge in [0.25, 0.3) is 0 Å². The van der Waals surface area contributed by atoms with Gasteiger partial charge in [0.15, 0.2) is 0 Å². The van der Waals surface area contributed by atoms with Crippen molar-refractivity contribution in [3.05, 3.63) is 293 Å². The number of hydrogen-bond acceptors (Lipinski definition) is 2. The van der Waals surface area contributed by atoms with Gasteiger partial charge in [0, 0.05) is 86.4 Å². The molecule has 2 aromatic heterocycles. The molecule has 0 saturated carbocycles. The third-order valence-corrected chi connectivity index (χ3v) is 23.2. The molecule has 0 fully saturated rings. The standard InChI is InChI=1S/C45H45ClN2.C24H20ClN.C15H23N.C6H4BrCl/c1-28-22-32(26-33(23-28)48-39-19-12-10-17-35(39)41-42(48)34-16-9-11-18-36(34)45(41,7)8)47(31-15-13-14-30(46)25-31)40-27-38-37(24-29(40)2)43(3,4)20-21-44(38,5)6;1-15-12-16(25)14-17(13-15)26-21-11-7-5-9-19(21)22-23(26)18-8-4-6-10-20(18)24(22,2)3;1-10-8-11-12(9-13(10)16)15(4,5)7-6-14(11,2)3;7-5-2-1-3-6(8)4-5/h9-19,22-27H,20-21H2,1-8H3;4-14H,1-3H3;8-9H,6-7,16H2,1-5H3;1-4H. The lowest BCUT2D eigenvalue weighted by Gasteiger charge is -2.43. The van der Waals surface area contributed by atoms with Crippen molar-refractivity contribution in [2.24, 2.45) is 0 Å². The topological polar surface area (TPSA) is 39.1 Å². The molecule has 4 nitrogen and oxygen atoms in total. The van der Waals surface area contributed by atoms with E-state index in [1.165, 1.54) is 148 Å². The Bertz CT molecular complexity index is 5050. The quantitative estimate of drug-likeness (QED) is 0.174. The van der Waals surface area contributed by atoms with Crippen LogP contribution in [-0.2, 0) is 32.5 Å². The summed E-state index contributed by atoms with van der Waals surface area (Å²) in [5.74, 6) is 0. The molecule has 0 amide bonds. The van der Waals surface area contributed by atoms with Gasteiger partial charge in [-0.1, -0.05) is 243 Å². The number of nitrogens with two attached hydrogens (primary N) is 1. The van der Waals surface area contributed by atoms with Crippen LogP contribution in [0.2, 0.25) is 15.1 Å². The Labute approximate surface area is 606 Å². The van der Waals surface area contributed by atoms with E-state index in [4.69, 9.17) is 40.5 Å². The predicted octanol–water partition coefficient (Wildman–Crippen LogP) is 27.0. The largest absolute Gasteiger partial charge is 0.399 e. The van der Waals surface area contributed by atoms with E-state index in [1.807, 2.05) is 36.4 Å². The molecular formula is C90H92BrCl3N4. The average Bonchev–Trinajstić information content (AvgIpc) is 1.52. The van der Waals surface area contributed by atoms with Crippen LogP contribution in [0.5, 0.6) is 0 Å². The fraction of sp³-hybridized carbons (Fsp3) is 0.289. The van der Waals surface area contributed by atoms with Gasteiger partial charge in [0.1, 0.15) is 0 Å². The van der Waals surface area contributed by atoms with Crippen molar-refractivity contribution < 1.29 is 0 Å². The molecule has 10 aromatic carbocycles. The van der Waals surface area contributed by atoms with Gasteiger partial charge in [0.05, 0.1) is 22.4 Å².